The molecule has 6 nitrogen and oxygen atoms in total. The maximum Gasteiger partial charge on any atom is 0.160 e. The van der Waals surface area contributed by atoms with Gasteiger partial charge in [0.2, 0.25) is 0 Å². The van der Waals surface area contributed by atoms with Gasteiger partial charge in [-0.15, -0.1) is 0 Å². The first-order valence-electron chi connectivity index (χ1n) is 16.5. The van der Waals surface area contributed by atoms with Gasteiger partial charge in [-0.25, -0.2) is 0 Å². The summed E-state index contributed by atoms with van der Waals surface area (Å²) in [6.07, 6.45) is 0. The molecule has 0 N–H and O–H groups in total. The van der Waals surface area contributed by atoms with Gasteiger partial charge in [-0.2, -0.15) is 15.8 Å². The summed E-state index contributed by atoms with van der Waals surface area (Å²) >= 11 is 0. The first-order valence-corrected chi connectivity index (χ1v) is 16.5. The molecule has 0 saturated carbocycles. The molecule has 7 aromatic carbocycles. The van der Waals surface area contributed by atoms with Crippen molar-refractivity contribution in [2.24, 2.45) is 0 Å². The highest BCUT2D eigenvalue weighted by Crippen LogP contribution is 2.44. The maximum atomic E-state index is 11.1. The SMILES string of the molecule is N#Cc1ccc(-c2cccc(C#N)c2-n2c3ccccc3c3ccc4c5ccccc5oc4c32)c(C#N)c1-n1c2ccccc2c2ccccc21. The van der Waals surface area contributed by atoms with Crippen LogP contribution in [0.4, 0.5) is 0 Å². The summed E-state index contributed by atoms with van der Waals surface area (Å²) in [5, 5.41) is 38.3. The highest BCUT2D eigenvalue weighted by molar-refractivity contribution is 6.22. The van der Waals surface area contributed by atoms with Crippen molar-refractivity contribution in [2.45, 2.75) is 0 Å². The van der Waals surface area contributed by atoms with Crippen LogP contribution in [0.25, 0.3) is 88.1 Å². The largest absolute Gasteiger partial charge is 0.454 e. The van der Waals surface area contributed by atoms with Gasteiger partial charge in [-0.3, -0.25) is 0 Å². The minimum absolute atomic E-state index is 0.339. The Morgan fingerprint density at radius 1 is 0.412 bits per heavy atom. The second-order valence-electron chi connectivity index (χ2n) is 12.6. The number of fused-ring (bicyclic) bond motifs is 10. The van der Waals surface area contributed by atoms with Gasteiger partial charge in [0.05, 0.1) is 50.1 Å². The standard InChI is InChI=1S/C45H23N5O/c46-24-27-10-9-15-34(29-21-20-28(25-47)43(37(29)26-48)49-38-16-5-1-11-30(38)31-12-2-6-17-39(31)49)42(27)50-40-18-7-3-13-32(40)35-22-23-36-33-14-4-8-19-41(33)51-45(36)44(35)50/h1-23H. The third kappa shape index (κ3) is 3.83. The van der Waals surface area contributed by atoms with Crippen LogP contribution in [0.1, 0.15) is 16.7 Å². The van der Waals surface area contributed by atoms with Crippen molar-refractivity contribution >= 4 is 65.6 Å². The predicted molar refractivity (Wildman–Crippen MR) is 202 cm³/mol. The van der Waals surface area contributed by atoms with Crippen molar-refractivity contribution in [1.29, 1.82) is 15.8 Å². The van der Waals surface area contributed by atoms with Gasteiger partial charge in [-0.1, -0.05) is 97.1 Å². The summed E-state index contributed by atoms with van der Waals surface area (Å²) in [7, 11) is 0. The molecule has 6 heteroatoms. The number of rotatable bonds is 3. The molecule has 234 valence electrons. The molecule has 3 heterocycles. The molecule has 3 aromatic heterocycles. The maximum absolute atomic E-state index is 11.1. The average Bonchev–Trinajstić information content (AvgIpc) is 3.85. The number of aromatic nitrogens is 2. The number of hydrogen-bond acceptors (Lipinski definition) is 4. The fourth-order valence-corrected chi connectivity index (χ4v) is 7.97. The van der Waals surface area contributed by atoms with Crippen molar-refractivity contribution in [1.82, 2.24) is 9.13 Å². The van der Waals surface area contributed by atoms with Crippen LogP contribution in [0.2, 0.25) is 0 Å². The molecule has 0 fully saturated rings. The summed E-state index contributed by atoms with van der Waals surface area (Å²) in [6.45, 7) is 0. The Bertz CT molecular complexity index is 3190. The zero-order valence-electron chi connectivity index (χ0n) is 26.9. The topological polar surface area (TPSA) is 94.4 Å². The van der Waals surface area contributed by atoms with E-state index in [1.54, 1.807) is 6.07 Å². The summed E-state index contributed by atoms with van der Waals surface area (Å²) < 4.78 is 10.7. The van der Waals surface area contributed by atoms with Crippen LogP contribution in [0.3, 0.4) is 0 Å². The fraction of sp³-hybridized carbons (Fsp3) is 0. The third-order valence-electron chi connectivity index (χ3n) is 10.1. The van der Waals surface area contributed by atoms with Gasteiger partial charge in [0.1, 0.15) is 23.8 Å². The van der Waals surface area contributed by atoms with Gasteiger partial charge in [0.15, 0.2) is 5.58 Å². The van der Waals surface area contributed by atoms with E-state index in [-0.39, 0.29) is 0 Å². The fourth-order valence-electron chi connectivity index (χ4n) is 7.97. The normalized spacial score (nSPS) is 11.5. The summed E-state index contributed by atoms with van der Waals surface area (Å²) in [4.78, 5) is 0. The van der Waals surface area contributed by atoms with Crippen molar-refractivity contribution in [3.63, 3.8) is 0 Å². The lowest BCUT2D eigenvalue weighted by molar-refractivity contribution is 0.671. The second kappa shape index (κ2) is 10.7. The lowest BCUT2D eigenvalue weighted by atomic mass is 9.93. The average molecular weight is 650 g/mol. The van der Waals surface area contributed by atoms with Crippen LogP contribution in [-0.2, 0) is 0 Å². The van der Waals surface area contributed by atoms with Gasteiger partial charge in [0.25, 0.3) is 0 Å². The van der Waals surface area contributed by atoms with E-state index in [1.165, 1.54) is 0 Å². The first kappa shape index (κ1) is 28.4. The van der Waals surface area contributed by atoms with E-state index in [0.29, 0.717) is 39.2 Å². The molecule has 10 aromatic rings. The minimum Gasteiger partial charge on any atom is -0.454 e. The molecule has 10 rings (SSSR count). The van der Waals surface area contributed by atoms with Gasteiger partial charge in [0, 0.05) is 43.4 Å². The lowest BCUT2D eigenvalue weighted by Gasteiger charge is -2.19. The Morgan fingerprint density at radius 2 is 0.980 bits per heavy atom. The van der Waals surface area contributed by atoms with Gasteiger partial charge < -0.3 is 13.6 Å². The number of para-hydroxylation sites is 5. The molecule has 0 unspecified atom stereocenters. The number of nitrogens with zero attached hydrogens (tertiary/aromatic N) is 5. The summed E-state index contributed by atoms with van der Waals surface area (Å²) in [6, 6.07) is 53.0. The molecule has 0 aliphatic heterocycles. The quantitative estimate of drug-likeness (QED) is 0.190. The van der Waals surface area contributed by atoms with E-state index < -0.39 is 0 Å². The van der Waals surface area contributed by atoms with Crippen LogP contribution in [-0.4, -0.2) is 9.13 Å². The zero-order chi connectivity index (χ0) is 34.2. The lowest BCUT2D eigenvalue weighted by Crippen LogP contribution is -2.06. The van der Waals surface area contributed by atoms with E-state index in [0.717, 1.165) is 65.6 Å². The highest BCUT2D eigenvalue weighted by Gasteiger charge is 2.26. The van der Waals surface area contributed by atoms with Crippen LogP contribution < -0.4 is 0 Å². The first-order chi connectivity index (χ1) is 25.2. The molecular formula is C45H23N5O. The molecule has 0 aliphatic carbocycles. The van der Waals surface area contributed by atoms with Gasteiger partial charge >= 0.3 is 0 Å². The van der Waals surface area contributed by atoms with Gasteiger partial charge in [-0.05, 0) is 42.5 Å². The number of hydrogen-bond donors (Lipinski definition) is 0. The summed E-state index contributed by atoms with van der Waals surface area (Å²) in [5.41, 5.74) is 8.61. The van der Waals surface area contributed by atoms with E-state index >= 15 is 0 Å². The Balaban J connectivity index is 1.36. The third-order valence-corrected chi connectivity index (χ3v) is 10.1. The molecule has 0 saturated heterocycles. The number of nitriles is 3. The molecule has 51 heavy (non-hydrogen) atoms. The van der Waals surface area contributed by atoms with Crippen LogP contribution in [0, 0.1) is 34.0 Å². The molecular weight excluding hydrogens is 627 g/mol. The summed E-state index contributed by atoms with van der Waals surface area (Å²) in [5.74, 6) is 0. The Morgan fingerprint density at radius 3 is 1.65 bits per heavy atom. The van der Waals surface area contributed by atoms with Crippen molar-refractivity contribution in [2.75, 3.05) is 0 Å². The van der Waals surface area contributed by atoms with Crippen molar-refractivity contribution in [3.8, 4) is 40.7 Å². The van der Waals surface area contributed by atoms with Crippen molar-refractivity contribution < 1.29 is 4.42 Å². The predicted octanol–water partition coefficient (Wildman–Crippen LogP) is 11.1. The van der Waals surface area contributed by atoms with E-state index in [2.05, 4.69) is 65.2 Å². The molecule has 0 bridgehead atoms. The monoisotopic (exact) mass is 649 g/mol. The smallest absolute Gasteiger partial charge is 0.160 e. The molecule has 0 spiro atoms. The molecule has 0 amide bonds. The van der Waals surface area contributed by atoms with E-state index in [4.69, 9.17) is 4.42 Å². The number of furan rings is 1. The van der Waals surface area contributed by atoms with Crippen LogP contribution in [0.5, 0.6) is 0 Å². The second-order valence-corrected chi connectivity index (χ2v) is 12.6. The van der Waals surface area contributed by atoms with Crippen LogP contribution in [0.15, 0.2) is 144 Å². The Labute approximate surface area is 291 Å². The Hall–Kier alpha value is -7.59. The molecule has 0 aliphatic rings. The Kier molecular flexibility index (Phi) is 5.97. The number of benzene rings is 7. The minimum atomic E-state index is 0.339. The van der Waals surface area contributed by atoms with E-state index in [9.17, 15) is 15.8 Å². The molecule has 0 atom stereocenters. The van der Waals surface area contributed by atoms with E-state index in [1.807, 2.05) is 95.6 Å². The molecule has 0 radical (unpaired) electrons. The highest BCUT2D eigenvalue weighted by atomic mass is 16.3. The zero-order valence-corrected chi connectivity index (χ0v) is 26.9. The van der Waals surface area contributed by atoms with Crippen molar-refractivity contribution in [3.05, 3.63) is 156 Å². The van der Waals surface area contributed by atoms with Crippen LogP contribution >= 0.6 is 0 Å².